The number of hydrogen-bond donors (Lipinski definition) is 0. The van der Waals surface area contributed by atoms with Gasteiger partial charge in [-0.05, 0) is 51.0 Å². The zero-order valence-electron chi connectivity index (χ0n) is 13.9. The van der Waals surface area contributed by atoms with Gasteiger partial charge in [0.2, 0.25) is 0 Å². The van der Waals surface area contributed by atoms with Crippen molar-refractivity contribution in [3.05, 3.63) is 30.1 Å². The van der Waals surface area contributed by atoms with E-state index in [-0.39, 0.29) is 18.1 Å². The third-order valence-electron chi connectivity index (χ3n) is 4.13. The Kier molecular flexibility index (Phi) is 3.15. The molecule has 4 rings (SSSR count). The minimum Gasteiger partial charge on any atom is -0.248 e. The van der Waals surface area contributed by atoms with Gasteiger partial charge in [0.15, 0.2) is 5.82 Å². The van der Waals surface area contributed by atoms with E-state index in [1.54, 1.807) is 0 Å². The van der Waals surface area contributed by atoms with Gasteiger partial charge in [0.1, 0.15) is 0 Å². The van der Waals surface area contributed by atoms with Crippen molar-refractivity contribution in [1.82, 2.24) is 20.2 Å². The number of tetrazole rings is 1. The number of benzene rings is 1. The Labute approximate surface area is 141 Å². The zero-order valence-corrected chi connectivity index (χ0v) is 14.7. The van der Waals surface area contributed by atoms with Crippen LogP contribution in [-0.2, 0) is 22.3 Å². The molecule has 1 aromatic carbocycles. The standard InChI is InChI=1S/C15H20N6O2S/c1-15(2,3)21-17-14(16-18-21)10-19-12-6-4-5-7-13(12)20(11-8-9-11)24(19,22)23/h4-7,11H,8-10H2,1-3H3. The molecule has 2 aromatic rings. The van der Waals surface area contributed by atoms with Crippen molar-refractivity contribution in [2.24, 2.45) is 0 Å². The van der Waals surface area contributed by atoms with Gasteiger partial charge in [0.05, 0.1) is 23.5 Å². The summed E-state index contributed by atoms with van der Waals surface area (Å²) in [5.74, 6) is 0.390. The zero-order chi connectivity index (χ0) is 17.1. The number of nitrogens with zero attached hydrogens (tertiary/aromatic N) is 6. The van der Waals surface area contributed by atoms with Gasteiger partial charge in [0, 0.05) is 6.04 Å². The lowest BCUT2D eigenvalue weighted by atomic mass is 10.1. The van der Waals surface area contributed by atoms with Crippen LogP contribution in [0.3, 0.4) is 0 Å². The number of anilines is 2. The fourth-order valence-corrected chi connectivity index (χ4v) is 4.68. The highest BCUT2D eigenvalue weighted by Crippen LogP contribution is 2.46. The quantitative estimate of drug-likeness (QED) is 0.842. The van der Waals surface area contributed by atoms with Crippen molar-refractivity contribution in [2.45, 2.75) is 51.7 Å². The van der Waals surface area contributed by atoms with Crippen molar-refractivity contribution in [3.8, 4) is 0 Å². The van der Waals surface area contributed by atoms with Crippen LogP contribution in [-0.4, -0.2) is 34.7 Å². The molecule has 1 aromatic heterocycles. The molecule has 0 radical (unpaired) electrons. The molecule has 0 spiro atoms. The summed E-state index contributed by atoms with van der Waals surface area (Å²) in [7, 11) is -3.60. The summed E-state index contributed by atoms with van der Waals surface area (Å²) >= 11 is 0. The van der Waals surface area contributed by atoms with Gasteiger partial charge in [0.25, 0.3) is 0 Å². The van der Waals surface area contributed by atoms with E-state index in [9.17, 15) is 8.42 Å². The molecule has 8 nitrogen and oxygen atoms in total. The van der Waals surface area contributed by atoms with Crippen molar-refractivity contribution in [1.29, 1.82) is 0 Å². The monoisotopic (exact) mass is 348 g/mol. The van der Waals surface area contributed by atoms with Crippen molar-refractivity contribution in [2.75, 3.05) is 8.61 Å². The maximum absolute atomic E-state index is 13.0. The van der Waals surface area contributed by atoms with Gasteiger partial charge < -0.3 is 0 Å². The largest absolute Gasteiger partial charge is 0.327 e. The van der Waals surface area contributed by atoms with E-state index in [1.807, 2.05) is 45.0 Å². The minimum atomic E-state index is -3.60. The Balaban J connectivity index is 1.71. The molecule has 0 unspecified atom stereocenters. The summed E-state index contributed by atoms with van der Waals surface area (Å²) in [6.45, 7) is 5.98. The van der Waals surface area contributed by atoms with Crippen LogP contribution in [0.4, 0.5) is 11.4 Å². The van der Waals surface area contributed by atoms with Gasteiger partial charge in [-0.2, -0.15) is 13.2 Å². The van der Waals surface area contributed by atoms with E-state index in [2.05, 4.69) is 15.4 Å². The fraction of sp³-hybridized carbons (Fsp3) is 0.533. The van der Waals surface area contributed by atoms with E-state index < -0.39 is 10.2 Å². The highest BCUT2D eigenvalue weighted by Gasteiger charge is 2.47. The minimum absolute atomic E-state index is 0.0689. The van der Waals surface area contributed by atoms with Crippen molar-refractivity contribution in [3.63, 3.8) is 0 Å². The summed E-state index contributed by atoms with van der Waals surface area (Å²) in [5.41, 5.74) is 1.12. The first-order chi connectivity index (χ1) is 11.3. The van der Waals surface area contributed by atoms with Crippen LogP contribution in [0, 0.1) is 0 Å². The van der Waals surface area contributed by atoms with Crippen LogP contribution in [0.2, 0.25) is 0 Å². The number of aromatic nitrogens is 4. The second-order valence-electron chi connectivity index (χ2n) is 7.20. The number of fused-ring (bicyclic) bond motifs is 1. The molecule has 0 bridgehead atoms. The molecule has 0 amide bonds. The number of rotatable bonds is 3. The third kappa shape index (κ3) is 2.34. The highest BCUT2D eigenvalue weighted by atomic mass is 32.2. The molecule has 128 valence electrons. The topological polar surface area (TPSA) is 84.2 Å². The lowest BCUT2D eigenvalue weighted by molar-refractivity contribution is 0.305. The van der Waals surface area contributed by atoms with E-state index in [4.69, 9.17) is 0 Å². The molecule has 2 aliphatic rings. The average Bonchev–Trinajstić information content (AvgIpc) is 3.14. The van der Waals surface area contributed by atoms with E-state index >= 15 is 0 Å². The predicted molar refractivity (Wildman–Crippen MR) is 89.9 cm³/mol. The highest BCUT2D eigenvalue weighted by molar-refractivity contribution is 7.94. The first kappa shape index (κ1) is 15.4. The first-order valence-electron chi connectivity index (χ1n) is 7.99. The summed E-state index contributed by atoms with van der Waals surface area (Å²) in [4.78, 5) is 1.51. The molecule has 24 heavy (non-hydrogen) atoms. The Morgan fingerprint density at radius 3 is 2.42 bits per heavy atom. The van der Waals surface area contributed by atoms with Crippen molar-refractivity contribution >= 4 is 21.6 Å². The summed E-state index contributed by atoms with van der Waals surface area (Å²) in [6.07, 6.45) is 1.81. The molecule has 9 heteroatoms. The van der Waals surface area contributed by atoms with Crippen LogP contribution < -0.4 is 8.61 Å². The van der Waals surface area contributed by atoms with Gasteiger partial charge in [-0.1, -0.05) is 12.1 Å². The lowest BCUT2D eigenvalue weighted by Gasteiger charge is -2.20. The lowest BCUT2D eigenvalue weighted by Crippen LogP contribution is -2.39. The molecule has 1 aliphatic carbocycles. The molecule has 1 fully saturated rings. The van der Waals surface area contributed by atoms with Gasteiger partial charge in [-0.25, -0.2) is 8.61 Å². The molecule has 2 heterocycles. The molecular formula is C15H20N6O2S. The van der Waals surface area contributed by atoms with Crippen LogP contribution in [0.25, 0.3) is 0 Å². The predicted octanol–water partition coefficient (Wildman–Crippen LogP) is 1.66. The second-order valence-corrected chi connectivity index (χ2v) is 8.93. The molecule has 0 saturated heterocycles. The molecule has 1 aliphatic heterocycles. The first-order valence-corrected chi connectivity index (χ1v) is 9.39. The van der Waals surface area contributed by atoms with Crippen LogP contribution in [0.1, 0.15) is 39.4 Å². The normalized spacial score (nSPS) is 19.6. The summed E-state index contributed by atoms with van der Waals surface area (Å²) in [5, 5.41) is 12.4. The summed E-state index contributed by atoms with van der Waals surface area (Å²) in [6, 6.07) is 7.45. The van der Waals surface area contributed by atoms with E-state index in [1.165, 1.54) is 13.4 Å². The van der Waals surface area contributed by atoms with Gasteiger partial charge in [-0.3, -0.25) is 0 Å². The molecular weight excluding hydrogens is 328 g/mol. The summed E-state index contributed by atoms with van der Waals surface area (Å²) < 4.78 is 28.9. The SMILES string of the molecule is CC(C)(C)n1nnc(CN2c3ccccc3N(C3CC3)S2(=O)=O)n1. The Morgan fingerprint density at radius 2 is 1.83 bits per heavy atom. The van der Waals surface area contributed by atoms with Crippen LogP contribution in [0.5, 0.6) is 0 Å². The third-order valence-corrected chi connectivity index (χ3v) is 6.01. The number of hydrogen-bond acceptors (Lipinski definition) is 5. The Morgan fingerprint density at radius 1 is 1.17 bits per heavy atom. The van der Waals surface area contributed by atoms with Crippen LogP contribution >= 0.6 is 0 Å². The Bertz CT molecular complexity index is 881. The van der Waals surface area contributed by atoms with Gasteiger partial charge in [-0.15, -0.1) is 10.2 Å². The smallest absolute Gasteiger partial charge is 0.248 e. The van der Waals surface area contributed by atoms with Crippen molar-refractivity contribution < 1.29 is 8.42 Å². The molecule has 1 saturated carbocycles. The van der Waals surface area contributed by atoms with E-state index in [0.717, 1.165) is 18.5 Å². The van der Waals surface area contributed by atoms with Crippen LogP contribution in [0.15, 0.2) is 24.3 Å². The Hall–Kier alpha value is -2.16. The average molecular weight is 348 g/mol. The molecule has 0 N–H and O–H groups in total. The van der Waals surface area contributed by atoms with E-state index in [0.29, 0.717) is 11.5 Å². The maximum Gasteiger partial charge on any atom is 0.327 e. The maximum atomic E-state index is 13.0. The van der Waals surface area contributed by atoms with Gasteiger partial charge >= 0.3 is 10.2 Å². The molecule has 0 atom stereocenters. The second kappa shape index (κ2) is 4.92. The number of para-hydroxylation sites is 2. The fourth-order valence-electron chi connectivity index (χ4n) is 2.80.